The molecule has 0 aliphatic carbocycles. The van der Waals surface area contributed by atoms with E-state index in [2.05, 4.69) is 33.5 Å². The number of aromatic amines is 1. The predicted octanol–water partition coefficient (Wildman–Crippen LogP) is 4.32. The van der Waals surface area contributed by atoms with E-state index in [4.69, 9.17) is 5.26 Å². The van der Waals surface area contributed by atoms with Crippen LogP contribution in [0.25, 0.3) is 32.5 Å². The number of nitrogens with zero attached hydrogens (tertiary/aromatic N) is 2. The fourth-order valence-corrected chi connectivity index (χ4v) is 3.31. The minimum absolute atomic E-state index is 0.642. The van der Waals surface area contributed by atoms with Crippen LogP contribution in [0.3, 0.4) is 0 Å². The third-order valence-corrected chi connectivity index (χ3v) is 4.31. The summed E-state index contributed by atoms with van der Waals surface area (Å²) in [5.41, 5.74) is 3.53. The number of benzene rings is 2. The average molecular weight is 275 g/mol. The van der Waals surface area contributed by atoms with E-state index in [1.54, 1.807) is 17.4 Å². The van der Waals surface area contributed by atoms with E-state index < -0.39 is 0 Å². The lowest BCUT2D eigenvalue weighted by molar-refractivity contribution is 1.35. The lowest BCUT2D eigenvalue weighted by atomic mass is 10.2. The molecule has 0 bridgehead atoms. The summed E-state index contributed by atoms with van der Waals surface area (Å²) in [6.07, 6.45) is 0. The highest BCUT2D eigenvalue weighted by molar-refractivity contribution is 7.17. The van der Waals surface area contributed by atoms with Crippen LogP contribution < -0.4 is 0 Å². The van der Waals surface area contributed by atoms with Crippen molar-refractivity contribution in [3.63, 3.8) is 0 Å². The molecule has 0 radical (unpaired) electrons. The van der Waals surface area contributed by atoms with Gasteiger partial charge in [0.05, 0.1) is 22.7 Å². The van der Waals surface area contributed by atoms with Crippen molar-refractivity contribution < 1.29 is 0 Å². The van der Waals surface area contributed by atoms with Gasteiger partial charge in [-0.2, -0.15) is 5.26 Å². The summed E-state index contributed by atoms with van der Waals surface area (Å²) < 4.78 is 1.25. The zero-order valence-electron chi connectivity index (χ0n) is 10.4. The summed E-state index contributed by atoms with van der Waals surface area (Å²) in [6, 6.07) is 15.9. The SMILES string of the molecule is N#Cc1ccc2nc(-c3csc4ccccc34)[nH]c2c1. The van der Waals surface area contributed by atoms with Gasteiger partial charge in [-0.1, -0.05) is 18.2 Å². The van der Waals surface area contributed by atoms with Gasteiger partial charge in [0.25, 0.3) is 0 Å². The minimum Gasteiger partial charge on any atom is -0.338 e. The van der Waals surface area contributed by atoms with Gasteiger partial charge in [-0.3, -0.25) is 0 Å². The monoisotopic (exact) mass is 275 g/mol. The first-order chi connectivity index (χ1) is 9.85. The maximum absolute atomic E-state index is 8.95. The van der Waals surface area contributed by atoms with Crippen LogP contribution >= 0.6 is 11.3 Å². The third-order valence-electron chi connectivity index (χ3n) is 3.35. The molecule has 2 aromatic carbocycles. The topological polar surface area (TPSA) is 52.5 Å². The summed E-state index contributed by atoms with van der Waals surface area (Å²) in [5.74, 6) is 0.854. The van der Waals surface area contributed by atoms with Crippen LogP contribution in [-0.2, 0) is 0 Å². The molecule has 4 aromatic rings. The quantitative estimate of drug-likeness (QED) is 0.562. The van der Waals surface area contributed by atoms with E-state index in [0.29, 0.717) is 5.56 Å². The van der Waals surface area contributed by atoms with Crippen molar-refractivity contribution in [1.29, 1.82) is 5.26 Å². The number of thiophene rings is 1. The third kappa shape index (κ3) is 1.61. The smallest absolute Gasteiger partial charge is 0.139 e. The molecule has 20 heavy (non-hydrogen) atoms. The van der Waals surface area contributed by atoms with Gasteiger partial charge in [0.2, 0.25) is 0 Å². The van der Waals surface area contributed by atoms with E-state index in [9.17, 15) is 0 Å². The number of nitriles is 1. The van der Waals surface area contributed by atoms with Crippen molar-refractivity contribution in [2.75, 3.05) is 0 Å². The molecular weight excluding hydrogens is 266 g/mol. The van der Waals surface area contributed by atoms with E-state index >= 15 is 0 Å². The maximum Gasteiger partial charge on any atom is 0.139 e. The van der Waals surface area contributed by atoms with Crippen LogP contribution in [0.2, 0.25) is 0 Å². The molecule has 2 heterocycles. The summed E-state index contributed by atoms with van der Waals surface area (Å²) in [5, 5.41) is 12.3. The fourth-order valence-electron chi connectivity index (χ4n) is 2.37. The standard InChI is InChI=1S/C16H9N3S/c17-8-10-5-6-13-14(7-10)19-16(18-13)12-9-20-15-4-2-1-3-11(12)15/h1-7,9H,(H,18,19). The molecule has 2 aromatic heterocycles. The molecule has 0 aliphatic heterocycles. The van der Waals surface area contributed by atoms with Crippen molar-refractivity contribution in [3.8, 4) is 17.5 Å². The highest BCUT2D eigenvalue weighted by atomic mass is 32.1. The lowest BCUT2D eigenvalue weighted by Crippen LogP contribution is -1.77. The Labute approximate surface area is 119 Å². The summed E-state index contributed by atoms with van der Waals surface area (Å²) >= 11 is 1.71. The number of H-pyrrole nitrogens is 1. The molecule has 0 aliphatic rings. The van der Waals surface area contributed by atoms with Gasteiger partial charge in [0.15, 0.2) is 0 Å². The Morgan fingerprint density at radius 1 is 1.15 bits per heavy atom. The Balaban J connectivity index is 1.96. The van der Waals surface area contributed by atoms with Crippen LogP contribution in [0.1, 0.15) is 5.56 Å². The first-order valence-electron chi connectivity index (χ1n) is 6.21. The number of nitrogens with one attached hydrogen (secondary N) is 1. The van der Waals surface area contributed by atoms with Crippen molar-refractivity contribution in [1.82, 2.24) is 9.97 Å². The van der Waals surface area contributed by atoms with Gasteiger partial charge in [-0.05, 0) is 24.3 Å². The number of imidazole rings is 1. The molecule has 94 valence electrons. The Kier molecular flexibility index (Phi) is 2.35. The lowest BCUT2D eigenvalue weighted by Gasteiger charge is -1.93. The molecule has 0 unspecified atom stereocenters. The molecule has 4 heteroatoms. The molecular formula is C16H9N3S. The molecule has 0 amide bonds. The zero-order valence-corrected chi connectivity index (χ0v) is 11.2. The van der Waals surface area contributed by atoms with Crippen molar-refractivity contribution in [2.45, 2.75) is 0 Å². The molecule has 0 fully saturated rings. The summed E-state index contributed by atoms with van der Waals surface area (Å²) in [6.45, 7) is 0. The zero-order chi connectivity index (χ0) is 13.5. The Bertz CT molecular complexity index is 972. The van der Waals surface area contributed by atoms with Gasteiger partial charge in [0.1, 0.15) is 5.82 Å². The highest BCUT2D eigenvalue weighted by Gasteiger charge is 2.10. The number of hydrogen-bond donors (Lipinski definition) is 1. The number of fused-ring (bicyclic) bond motifs is 2. The summed E-state index contributed by atoms with van der Waals surface area (Å²) in [4.78, 5) is 7.93. The molecule has 3 nitrogen and oxygen atoms in total. The second-order valence-corrected chi connectivity index (χ2v) is 5.49. The summed E-state index contributed by atoms with van der Waals surface area (Å²) in [7, 11) is 0. The number of rotatable bonds is 1. The highest BCUT2D eigenvalue weighted by Crippen LogP contribution is 2.33. The molecule has 0 saturated carbocycles. The second-order valence-electron chi connectivity index (χ2n) is 4.57. The molecule has 4 rings (SSSR count). The number of aromatic nitrogens is 2. The molecule has 0 spiro atoms. The Morgan fingerprint density at radius 2 is 2.05 bits per heavy atom. The van der Waals surface area contributed by atoms with Gasteiger partial charge >= 0.3 is 0 Å². The second kappa shape index (κ2) is 4.19. The molecule has 0 saturated heterocycles. The van der Waals surface area contributed by atoms with Gasteiger partial charge < -0.3 is 4.98 Å². The maximum atomic E-state index is 8.95. The van der Waals surface area contributed by atoms with Crippen LogP contribution in [0.5, 0.6) is 0 Å². The minimum atomic E-state index is 0.642. The normalized spacial score (nSPS) is 10.9. The Morgan fingerprint density at radius 3 is 2.95 bits per heavy atom. The van der Waals surface area contributed by atoms with Crippen molar-refractivity contribution >= 4 is 32.5 Å². The largest absolute Gasteiger partial charge is 0.338 e. The average Bonchev–Trinajstić information content (AvgIpc) is 3.09. The predicted molar refractivity (Wildman–Crippen MR) is 81.6 cm³/mol. The van der Waals surface area contributed by atoms with Crippen LogP contribution in [-0.4, -0.2) is 9.97 Å². The van der Waals surface area contributed by atoms with Crippen LogP contribution in [0.15, 0.2) is 47.8 Å². The van der Waals surface area contributed by atoms with Crippen molar-refractivity contribution in [2.24, 2.45) is 0 Å². The first kappa shape index (κ1) is 11.2. The van der Waals surface area contributed by atoms with Gasteiger partial charge in [-0.25, -0.2) is 4.98 Å². The van der Waals surface area contributed by atoms with Gasteiger partial charge in [-0.15, -0.1) is 11.3 Å². The van der Waals surface area contributed by atoms with Crippen molar-refractivity contribution in [3.05, 3.63) is 53.4 Å². The van der Waals surface area contributed by atoms with Crippen LogP contribution in [0, 0.1) is 11.3 Å². The van der Waals surface area contributed by atoms with Crippen LogP contribution in [0.4, 0.5) is 0 Å². The molecule has 1 N–H and O–H groups in total. The molecule has 0 atom stereocenters. The number of hydrogen-bond acceptors (Lipinski definition) is 3. The Hall–Kier alpha value is -2.64. The van der Waals surface area contributed by atoms with E-state index in [1.165, 1.54) is 10.1 Å². The van der Waals surface area contributed by atoms with E-state index in [-0.39, 0.29) is 0 Å². The van der Waals surface area contributed by atoms with Gasteiger partial charge in [0, 0.05) is 21.0 Å². The first-order valence-corrected chi connectivity index (χ1v) is 7.09. The fraction of sp³-hybridized carbons (Fsp3) is 0. The van der Waals surface area contributed by atoms with E-state index in [0.717, 1.165) is 22.4 Å². The van der Waals surface area contributed by atoms with E-state index in [1.807, 2.05) is 24.3 Å².